The SMILES string of the molecule is Cl.Cn1cc(S(=O)(=O)N2CCCCC2)cc1C(=O)N1CCC(N)C(C)(C)C1. The Kier molecular flexibility index (Phi) is 6.67. The summed E-state index contributed by atoms with van der Waals surface area (Å²) in [5, 5.41) is 0. The fourth-order valence-corrected chi connectivity index (χ4v) is 5.44. The monoisotopic (exact) mass is 418 g/mol. The van der Waals surface area contributed by atoms with Crippen LogP contribution in [0.25, 0.3) is 0 Å². The number of carbonyl (C=O) groups excluding carboxylic acids is 1. The first-order valence-electron chi connectivity index (χ1n) is 9.34. The Labute approximate surface area is 168 Å². The lowest BCUT2D eigenvalue weighted by Crippen LogP contribution is -2.54. The number of likely N-dealkylation sites (tertiary alicyclic amines) is 1. The third-order valence-electron chi connectivity index (χ3n) is 5.75. The van der Waals surface area contributed by atoms with Gasteiger partial charge in [0.25, 0.3) is 5.91 Å². The Balaban J connectivity index is 0.00000261. The van der Waals surface area contributed by atoms with E-state index in [0.29, 0.717) is 31.9 Å². The molecule has 0 saturated carbocycles. The second-order valence-corrected chi connectivity index (χ2v) is 10.2. The van der Waals surface area contributed by atoms with Crippen molar-refractivity contribution in [1.29, 1.82) is 0 Å². The predicted molar refractivity (Wildman–Crippen MR) is 108 cm³/mol. The zero-order valence-corrected chi connectivity index (χ0v) is 18.0. The summed E-state index contributed by atoms with van der Waals surface area (Å²) in [5.41, 5.74) is 6.42. The maximum atomic E-state index is 13.0. The quantitative estimate of drug-likeness (QED) is 0.810. The zero-order chi connectivity index (χ0) is 19.1. The van der Waals surface area contributed by atoms with E-state index in [1.54, 1.807) is 22.7 Å². The normalized spacial score (nSPS) is 23.7. The molecule has 3 rings (SSSR count). The number of rotatable bonds is 3. The van der Waals surface area contributed by atoms with Crippen LogP contribution in [0.1, 0.15) is 50.0 Å². The average molecular weight is 419 g/mol. The average Bonchev–Trinajstić information content (AvgIpc) is 3.00. The number of sulfonamides is 1. The van der Waals surface area contributed by atoms with Gasteiger partial charge in [0.15, 0.2) is 0 Å². The van der Waals surface area contributed by atoms with E-state index in [4.69, 9.17) is 5.73 Å². The summed E-state index contributed by atoms with van der Waals surface area (Å²) >= 11 is 0. The summed E-state index contributed by atoms with van der Waals surface area (Å²) in [6.45, 7) is 6.41. The molecule has 0 aromatic carbocycles. The number of aromatic nitrogens is 1. The smallest absolute Gasteiger partial charge is 0.270 e. The number of hydrogen-bond donors (Lipinski definition) is 1. The van der Waals surface area contributed by atoms with Gasteiger partial charge in [0.1, 0.15) is 10.6 Å². The van der Waals surface area contributed by atoms with Crippen molar-refractivity contribution in [2.24, 2.45) is 18.2 Å². The third-order valence-corrected chi connectivity index (χ3v) is 7.62. The molecule has 2 N–H and O–H groups in total. The lowest BCUT2D eigenvalue weighted by molar-refractivity contribution is 0.0524. The first-order valence-corrected chi connectivity index (χ1v) is 10.8. The number of hydrogen-bond acceptors (Lipinski definition) is 4. The molecule has 2 aliphatic heterocycles. The summed E-state index contributed by atoms with van der Waals surface area (Å²) in [6.07, 6.45) is 5.15. The molecule has 1 aromatic rings. The molecular formula is C18H31ClN4O3S. The van der Waals surface area contributed by atoms with Gasteiger partial charge in [-0.1, -0.05) is 20.3 Å². The van der Waals surface area contributed by atoms with Gasteiger partial charge in [-0.05, 0) is 30.7 Å². The Bertz CT molecular complexity index is 785. The van der Waals surface area contributed by atoms with Crippen molar-refractivity contribution >= 4 is 28.3 Å². The van der Waals surface area contributed by atoms with Crippen LogP contribution in [-0.4, -0.2) is 60.3 Å². The summed E-state index contributed by atoms with van der Waals surface area (Å²) < 4.78 is 28.9. The van der Waals surface area contributed by atoms with Crippen LogP contribution in [0, 0.1) is 5.41 Å². The number of aryl methyl sites for hydroxylation is 1. The van der Waals surface area contributed by atoms with Crippen LogP contribution < -0.4 is 5.73 Å². The van der Waals surface area contributed by atoms with Crippen molar-refractivity contribution in [3.8, 4) is 0 Å². The van der Waals surface area contributed by atoms with Crippen molar-refractivity contribution < 1.29 is 13.2 Å². The van der Waals surface area contributed by atoms with Crippen LogP contribution in [-0.2, 0) is 17.1 Å². The van der Waals surface area contributed by atoms with E-state index < -0.39 is 10.0 Å². The number of carbonyl (C=O) groups is 1. The van der Waals surface area contributed by atoms with Crippen LogP contribution in [0.2, 0.25) is 0 Å². The minimum Gasteiger partial charge on any atom is -0.345 e. The molecule has 0 spiro atoms. The molecule has 0 radical (unpaired) electrons. The molecule has 2 aliphatic rings. The predicted octanol–water partition coefficient (Wildman–Crippen LogP) is 1.82. The van der Waals surface area contributed by atoms with Crippen molar-refractivity contribution in [3.63, 3.8) is 0 Å². The molecule has 3 heterocycles. The molecular weight excluding hydrogens is 388 g/mol. The third kappa shape index (κ3) is 4.34. The van der Waals surface area contributed by atoms with Crippen molar-refractivity contribution in [3.05, 3.63) is 18.0 Å². The van der Waals surface area contributed by atoms with Crippen LogP contribution in [0.15, 0.2) is 17.2 Å². The zero-order valence-electron chi connectivity index (χ0n) is 16.3. The Hall–Kier alpha value is -1.09. The van der Waals surface area contributed by atoms with Gasteiger partial charge in [0.05, 0.1) is 0 Å². The largest absolute Gasteiger partial charge is 0.345 e. The van der Waals surface area contributed by atoms with Crippen molar-refractivity contribution in [2.75, 3.05) is 26.2 Å². The minimum absolute atomic E-state index is 0. The highest BCUT2D eigenvalue weighted by atomic mass is 35.5. The second-order valence-electron chi connectivity index (χ2n) is 8.25. The fourth-order valence-electron chi connectivity index (χ4n) is 3.85. The highest BCUT2D eigenvalue weighted by Crippen LogP contribution is 2.29. The summed E-state index contributed by atoms with van der Waals surface area (Å²) in [4.78, 5) is 15.0. The second kappa shape index (κ2) is 8.11. The molecule has 2 fully saturated rings. The molecule has 1 aromatic heterocycles. The number of piperidine rings is 2. The Morgan fingerprint density at radius 3 is 2.41 bits per heavy atom. The number of amides is 1. The van der Waals surface area contributed by atoms with Gasteiger partial charge >= 0.3 is 0 Å². The van der Waals surface area contributed by atoms with Gasteiger partial charge in [-0.15, -0.1) is 12.4 Å². The van der Waals surface area contributed by atoms with Crippen LogP contribution in [0.5, 0.6) is 0 Å². The van der Waals surface area contributed by atoms with Crippen LogP contribution >= 0.6 is 12.4 Å². The maximum Gasteiger partial charge on any atom is 0.270 e. The lowest BCUT2D eigenvalue weighted by Gasteiger charge is -2.42. The number of nitrogens with two attached hydrogens (primary N) is 1. The Morgan fingerprint density at radius 1 is 1.19 bits per heavy atom. The molecule has 27 heavy (non-hydrogen) atoms. The van der Waals surface area contributed by atoms with Crippen LogP contribution in [0.3, 0.4) is 0 Å². The molecule has 1 atom stereocenters. The van der Waals surface area contributed by atoms with E-state index in [9.17, 15) is 13.2 Å². The van der Waals surface area contributed by atoms with E-state index in [1.165, 1.54) is 10.4 Å². The van der Waals surface area contributed by atoms with E-state index >= 15 is 0 Å². The van der Waals surface area contributed by atoms with E-state index in [-0.39, 0.29) is 34.7 Å². The molecule has 2 saturated heterocycles. The van der Waals surface area contributed by atoms with Crippen molar-refractivity contribution in [1.82, 2.24) is 13.8 Å². The van der Waals surface area contributed by atoms with Gasteiger partial charge in [0, 0.05) is 45.5 Å². The molecule has 7 nitrogen and oxygen atoms in total. The Morgan fingerprint density at radius 2 is 1.81 bits per heavy atom. The van der Waals surface area contributed by atoms with Gasteiger partial charge in [-0.3, -0.25) is 4.79 Å². The van der Waals surface area contributed by atoms with E-state index in [0.717, 1.165) is 25.7 Å². The number of halogens is 1. The number of nitrogens with zero attached hydrogens (tertiary/aromatic N) is 3. The lowest BCUT2D eigenvalue weighted by atomic mass is 9.79. The molecule has 1 amide bonds. The fraction of sp³-hybridized carbons (Fsp3) is 0.722. The van der Waals surface area contributed by atoms with E-state index in [1.807, 2.05) is 0 Å². The first kappa shape index (κ1) is 22.2. The van der Waals surface area contributed by atoms with Crippen LogP contribution in [0.4, 0.5) is 0 Å². The molecule has 0 bridgehead atoms. The van der Waals surface area contributed by atoms with Gasteiger partial charge in [-0.25, -0.2) is 8.42 Å². The van der Waals surface area contributed by atoms with Gasteiger partial charge < -0.3 is 15.2 Å². The van der Waals surface area contributed by atoms with E-state index in [2.05, 4.69) is 13.8 Å². The van der Waals surface area contributed by atoms with Crippen molar-refractivity contribution in [2.45, 2.75) is 50.5 Å². The topological polar surface area (TPSA) is 88.6 Å². The summed E-state index contributed by atoms with van der Waals surface area (Å²) in [6, 6.07) is 1.59. The molecule has 0 aliphatic carbocycles. The summed E-state index contributed by atoms with van der Waals surface area (Å²) in [7, 11) is -1.81. The highest BCUT2D eigenvalue weighted by Gasteiger charge is 2.37. The molecule has 154 valence electrons. The standard InChI is InChI=1S/C18H30N4O3S.ClH/c1-18(2)13-21(10-7-16(18)19)17(23)15-11-14(12-20(15)3)26(24,25)22-8-5-4-6-9-22;/h11-12,16H,4-10,13,19H2,1-3H3;1H. The minimum atomic E-state index is -3.54. The first-order chi connectivity index (χ1) is 12.1. The van der Waals surface area contributed by atoms with Gasteiger partial charge in [-0.2, -0.15) is 4.31 Å². The highest BCUT2D eigenvalue weighted by molar-refractivity contribution is 7.89. The maximum absolute atomic E-state index is 13.0. The molecule has 9 heteroatoms. The molecule has 1 unspecified atom stereocenters. The summed E-state index contributed by atoms with van der Waals surface area (Å²) in [5.74, 6) is -0.132. The van der Waals surface area contributed by atoms with Gasteiger partial charge in [0.2, 0.25) is 10.0 Å².